The van der Waals surface area contributed by atoms with Gasteiger partial charge in [0, 0.05) is 16.8 Å². The highest BCUT2D eigenvalue weighted by Crippen LogP contribution is 2.28. The molecule has 2 aromatic rings. The topological polar surface area (TPSA) is 64.3 Å². The third kappa shape index (κ3) is 3.22. The average molecular weight is 313 g/mol. The molecular weight excluding hydrogens is 302 g/mol. The molecule has 0 aliphatic carbocycles. The van der Waals surface area contributed by atoms with Gasteiger partial charge in [-0.1, -0.05) is 11.6 Å². The number of hydrogen-bond donors (Lipinski definition) is 2. The summed E-state index contributed by atoms with van der Waals surface area (Å²) < 4.78 is 31.3. The molecule has 0 fully saturated rings. The lowest BCUT2D eigenvalue weighted by Gasteiger charge is -2.12. The van der Waals surface area contributed by atoms with E-state index in [4.69, 9.17) is 22.1 Å². The monoisotopic (exact) mass is 312 g/mol. The van der Waals surface area contributed by atoms with Crippen LogP contribution in [0, 0.1) is 11.6 Å². The summed E-state index contributed by atoms with van der Waals surface area (Å²) >= 11 is 5.84. The Morgan fingerprint density at radius 2 is 1.90 bits per heavy atom. The van der Waals surface area contributed by atoms with Crippen LogP contribution >= 0.6 is 11.6 Å². The molecule has 0 aromatic heterocycles. The molecule has 0 saturated heterocycles. The Balaban J connectivity index is 2.34. The standard InChI is InChI=1S/C14H11ClF2N2O2/c1-21-13-3-2-7(15)4-12(13)19-14(20)8-5-9(16)10(17)6-11(8)18/h2-6H,18H2,1H3,(H,19,20). The SMILES string of the molecule is COc1ccc(Cl)cc1NC(=O)c1cc(F)c(F)cc1N. The molecule has 2 aromatic carbocycles. The summed E-state index contributed by atoms with van der Waals surface area (Å²) in [7, 11) is 1.42. The van der Waals surface area contributed by atoms with Crippen LogP contribution in [0.15, 0.2) is 30.3 Å². The number of methoxy groups -OCH3 is 1. The molecule has 0 aliphatic rings. The van der Waals surface area contributed by atoms with Crippen LogP contribution < -0.4 is 15.8 Å². The number of benzene rings is 2. The molecule has 0 aliphatic heterocycles. The molecule has 0 bridgehead atoms. The van der Waals surface area contributed by atoms with E-state index in [2.05, 4.69) is 5.32 Å². The third-order valence-corrected chi connectivity index (χ3v) is 2.98. The highest BCUT2D eigenvalue weighted by atomic mass is 35.5. The van der Waals surface area contributed by atoms with Crippen molar-refractivity contribution < 1.29 is 18.3 Å². The van der Waals surface area contributed by atoms with Gasteiger partial charge >= 0.3 is 0 Å². The number of amides is 1. The highest BCUT2D eigenvalue weighted by Gasteiger charge is 2.16. The second-order valence-corrected chi connectivity index (χ2v) is 4.59. The lowest BCUT2D eigenvalue weighted by molar-refractivity contribution is 0.102. The van der Waals surface area contributed by atoms with Gasteiger partial charge in [0.1, 0.15) is 5.75 Å². The molecule has 7 heteroatoms. The maximum Gasteiger partial charge on any atom is 0.257 e. The molecule has 0 atom stereocenters. The fraction of sp³-hybridized carbons (Fsp3) is 0.0714. The highest BCUT2D eigenvalue weighted by molar-refractivity contribution is 6.31. The predicted octanol–water partition coefficient (Wildman–Crippen LogP) is 3.46. The summed E-state index contributed by atoms with van der Waals surface area (Å²) in [4.78, 5) is 12.1. The second-order valence-electron chi connectivity index (χ2n) is 4.15. The van der Waals surface area contributed by atoms with Gasteiger partial charge in [-0.05, 0) is 24.3 Å². The zero-order valence-corrected chi connectivity index (χ0v) is 11.7. The molecular formula is C14H11ClF2N2O2. The first-order valence-corrected chi connectivity index (χ1v) is 6.19. The van der Waals surface area contributed by atoms with Crippen LogP contribution in [0.2, 0.25) is 5.02 Å². The summed E-state index contributed by atoms with van der Waals surface area (Å²) in [6.07, 6.45) is 0. The van der Waals surface area contributed by atoms with Crippen molar-refractivity contribution in [3.05, 3.63) is 52.6 Å². The van der Waals surface area contributed by atoms with E-state index in [1.807, 2.05) is 0 Å². The van der Waals surface area contributed by atoms with Crippen molar-refractivity contribution in [2.24, 2.45) is 0 Å². The normalized spacial score (nSPS) is 10.3. The van der Waals surface area contributed by atoms with Gasteiger partial charge in [0.15, 0.2) is 11.6 Å². The van der Waals surface area contributed by atoms with Gasteiger partial charge in [0.25, 0.3) is 5.91 Å². The number of carbonyl (C=O) groups is 1. The van der Waals surface area contributed by atoms with Gasteiger partial charge in [-0.15, -0.1) is 0 Å². The van der Waals surface area contributed by atoms with Crippen molar-refractivity contribution in [3.8, 4) is 5.75 Å². The van der Waals surface area contributed by atoms with E-state index < -0.39 is 17.5 Å². The van der Waals surface area contributed by atoms with E-state index in [0.717, 1.165) is 12.1 Å². The zero-order chi connectivity index (χ0) is 15.6. The Kier molecular flexibility index (Phi) is 4.28. The first-order chi connectivity index (χ1) is 9.92. The van der Waals surface area contributed by atoms with Crippen LogP contribution in [0.4, 0.5) is 20.2 Å². The van der Waals surface area contributed by atoms with Crippen molar-refractivity contribution in [1.82, 2.24) is 0 Å². The fourth-order valence-electron chi connectivity index (χ4n) is 1.73. The number of ether oxygens (including phenoxy) is 1. The van der Waals surface area contributed by atoms with E-state index in [1.54, 1.807) is 12.1 Å². The minimum absolute atomic E-state index is 0.174. The predicted molar refractivity (Wildman–Crippen MR) is 76.7 cm³/mol. The number of carbonyl (C=O) groups excluding carboxylic acids is 1. The fourth-order valence-corrected chi connectivity index (χ4v) is 1.90. The minimum Gasteiger partial charge on any atom is -0.495 e. The summed E-state index contributed by atoms with van der Waals surface area (Å²) in [5.41, 5.74) is 5.45. The van der Waals surface area contributed by atoms with Crippen molar-refractivity contribution in [1.29, 1.82) is 0 Å². The number of hydrogen-bond acceptors (Lipinski definition) is 3. The van der Waals surface area contributed by atoms with E-state index >= 15 is 0 Å². The summed E-state index contributed by atoms with van der Waals surface area (Å²) in [5.74, 6) is -2.61. The van der Waals surface area contributed by atoms with Crippen LogP contribution in [-0.4, -0.2) is 13.0 Å². The molecule has 0 spiro atoms. The zero-order valence-electron chi connectivity index (χ0n) is 10.9. The largest absolute Gasteiger partial charge is 0.495 e. The second kappa shape index (κ2) is 5.97. The van der Waals surface area contributed by atoms with Gasteiger partial charge in [0.2, 0.25) is 0 Å². The summed E-state index contributed by atoms with van der Waals surface area (Å²) in [6, 6.07) is 6.10. The molecule has 110 valence electrons. The maximum atomic E-state index is 13.2. The van der Waals surface area contributed by atoms with Crippen molar-refractivity contribution in [2.45, 2.75) is 0 Å². The number of anilines is 2. The van der Waals surface area contributed by atoms with Crippen molar-refractivity contribution in [2.75, 3.05) is 18.2 Å². The smallest absolute Gasteiger partial charge is 0.257 e. The molecule has 2 rings (SSSR count). The first kappa shape index (κ1) is 15.1. The summed E-state index contributed by atoms with van der Waals surface area (Å²) in [5, 5.41) is 2.87. The molecule has 4 nitrogen and oxygen atoms in total. The van der Waals surface area contributed by atoms with Crippen LogP contribution in [-0.2, 0) is 0 Å². The quantitative estimate of drug-likeness (QED) is 0.853. The maximum absolute atomic E-state index is 13.2. The number of nitrogen functional groups attached to an aromatic ring is 1. The van der Waals surface area contributed by atoms with E-state index in [0.29, 0.717) is 16.5 Å². The van der Waals surface area contributed by atoms with Crippen LogP contribution in [0.3, 0.4) is 0 Å². The van der Waals surface area contributed by atoms with Crippen LogP contribution in [0.5, 0.6) is 5.75 Å². The van der Waals surface area contributed by atoms with Crippen LogP contribution in [0.1, 0.15) is 10.4 Å². The molecule has 0 radical (unpaired) electrons. The number of nitrogens with one attached hydrogen (secondary N) is 1. The summed E-state index contributed by atoms with van der Waals surface area (Å²) in [6.45, 7) is 0. The minimum atomic E-state index is -1.16. The third-order valence-electron chi connectivity index (χ3n) is 2.75. The van der Waals surface area contributed by atoms with E-state index in [1.165, 1.54) is 13.2 Å². The Morgan fingerprint density at radius 1 is 1.24 bits per heavy atom. The molecule has 21 heavy (non-hydrogen) atoms. The Labute approximate surface area is 124 Å². The Hall–Kier alpha value is -2.34. The lowest BCUT2D eigenvalue weighted by Crippen LogP contribution is -2.15. The lowest BCUT2D eigenvalue weighted by atomic mass is 10.1. The molecule has 0 saturated carbocycles. The molecule has 3 N–H and O–H groups in total. The first-order valence-electron chi connectivity index (χ1n) is 5.81. The Bertz CT molecular complexity index is 708. The van der Waals surface area contributed by atoms with Gasteiger partial charge in [-0.2, -0.15) is 0 Å². The molecule has 0 heterocycles. The van der Waals surface area contributed by atoms with Gasteiger partial charge in [-0.25, -0.2) is 8.78 Å². The van der Waals surface area contributed by atoms with Gasteiger partial charge in [-0.3, -0.25) is 4.79 Å². The van der Waals surface area contributed by atoms with Crippen molar-refractivity contribution in [3.63, 3.8) is 0 Å². The van der Waals surface area contributed by atoms with E-state index in [-0.39, 0.29) is 11.3 Å². The molecule has 0 unspecified atom stereocenters. The van der Waals surface area contributed by atoms with Gasteiger partial charge < -0.3 is 15.8 Å². The number of nitrogens with two attached hydrogens (primary N) is 1. The molecule has 1 amide bonds. The van der Waals surface area contributed by atoms with Gasteiger partial charge in [0.05, 0.1) is 18.4 Å². The number of rotatable bonds is 3. The van der Waals surface area contributed by atoms with Crippen molar-refractivity contribution >= 4 is 28.9 Å². The van der Waals surface area contributed by atoms with E-state index in [9.17, 15) is 13.6 Å². The average Bonchev–Trinajstić information content (AvgIpc) is 2.43. The number of halogens is 3. The Morgan fingerprint density at radius 3 is 2.57 bits per heavy atom. The van der Waals surface area contributed by atoms with Crippen LogP contribution in [0.25, 0.3) is 0 Å².